The van der Waals surface area contributed by atoms with Gasteiger partial charge in [0.05, 0.1) is 6.57 Å². The Morgan fingerprint density at radius 3 is 0.733 bits per heavy atom. The third-order valence-corrected chi connectivity index (χ3v) is 11.4. The average molecular weight is 2140 g/mol. The van der Waals surface area contributed by atoms with Crippen LogP contribution < -0.4 is 0 Å². The minimum absolute atomic E-state index is 0. The van der Waals surface area contributed by atoms with Crippen molar-refractivity contribution in [3.8, 4) is 56.7 Å². The number of aliphatic hydroxyl groups excluding tert-OH is 1. The summed E-state index contributed by atoms with van der Waals surface area (Å²) in [5.74, 6) is -5.14. The molecule has 4 aromatic heterocycles. The van der Waals surface area contributed by atoms with Crippen molar-refractivity contribution in [2.75, 3.05) is 0 Å². The third kappa shape index (κ3) is 44.1. The van der Waals surface area contributed by atoms with Gasteiger partial charge in [-0.3, -0.25) is 35.1 Å². The SMILES string of the molecule is Fc1c[c-]c(-c2ccccn2)c(F)c1.Fc1c[c-]c(-c2ccccn2)c(F)c1.Fc1c[c-]c(-c2ccccn2)c(F)c1.Fc1c[c-]c(-c2ccccn2)c(F)c1.N#CO.N#C[S-].[C-]#N.[C-]#N.[C-]#[N+]c1ccccc1.[CH-]=NCc1ccccc1.[CH-]=NCc1ccccc1.[CH-]=NCc1ccccc1.[Ir+3].[Ir+3].[Ir+3].[Ir]. The van der Waals surface area contributed by atoms with Gasteiger partial charge in [0.2, 0.25) is 0 Å². The van der Waals surface area contributed by atoms with E-state index in [9.17, 15) is 35.1 Å². The number of rotatable bonds is 10. The Labute approximate surface area is 665 Å². The first kappa shape index (κ1) is 100. The fraction of sp³-hybridized carbons (Fsp3) is 0.0380. The van der Waals surface area contributed by atoms with Gasteiger partial charge in [-0.15, -0.1) is 48.5 Å². The maximum Gasteiger partial charge on any atom is 3.00 e. The smallest absolute Gasteiger partial charge is 0.696 e. The van der Waals surface area contributed by atoms with Gasteiger partial charge in [-0.1, -0.05) is 222 Å². The summed E-state index contributed by atoms with van der Waals surface area (Å²) in [6.45, 7) is 32.9. The van der Waals surface area contributed by atoms with Crippen molar-refractivity contribution in [1.82, 2.24) is 19.9 Å². The zero-order valence-electron chi connectivity index (χ0n) is 54.3. The summed E-state index contributed by atoms with van der Waals surface area (Å²) in [4.78, 5) is 29.5. The van der Waals surface area contributed by atoms with E-state index >= 15 is 0 Å². The summed E-state index contributed by atoms with van der Waals surface area (Å²) >= 11 is 3.70. The fourth-order valence-electron chi connectivity index (χ4n) is 7.18. The van der Waals surface area contributed by atoms with Crippen LogP contribution in [-0.4, -0.2) is 45.2 Å². The average Bonchev–Trinajstić information content (AvgIpc) is 0.867. The minimum Gasteiger partial charge on any atom is -0.696 e. The minimum atomic E-state index is -0.649. The van der Waals surface area contributed by atoms with Crippen LogP contribution in [0.1, 0.15) is 16.7 Å². The predicted molar refractivity (Wildman–Crippen MR) is 373 cm³/mol. The molecule has 0 spiro atoms. The van der Waals surface area contributed by atoms with Gasteiger partial charge in [-0.05, 0) is 63.7 Å². The monoisotopic (exact) mass is 2140 g/mol. The largest absolute Gasteiger partial charge is 3.00 e. The van der Waals surface area contributed by atoms with E-state index in [1.807, 2.05) is 109 Å². The Kier molecular flexibility index (Phi) is 62.0. The van der Waals surface area contributed by atoms with Crippen molar-refractivity contribution in [3.63, 3.8) is 0 Å². The molecule has 0 saturated carbocycles. The number of pyridine rings is 4. The molecule has 105 heavy (non-hydrogen) atoms. The van der Waals surface area contributed by atoms with Crippen molar-refractivity contribution >= 4 is 38.5 Å². The summed E-state index contributed by atoms with van der Waals surface area (Å²) in [6, 6.07) is 77.0. The summed E-state index contributed by atoms with van der Waals surface area (Å²) in [6.07, 6.45) is 6.94. The van der Waals surface area contributed by atoms with E-state index in [1.165, 1.54) is 5.40 Å². The van der Waals surface area contributed by atoms with Crippen molar-refractivity contribution in [1.29, 1.82) is 21.0 Å². The summed E-state index contributed by atoms with van der Waals surface area (Å²) in [5, 5.41) is 34.7. The van der Waals surface area contributed by atoms with E-state index in [-0.39, 0.29) is 103 Å². The predicted octanol–water partition coefficient (Wildman–Crippen LogP) is 18.9. The zero-order valence-corrected chi connectivity index (χ0v) is 64.7. The molecule has 4 heterocycles. The number of aliphatic imine (C=N–C) groups is 3. The van der Waals surface area contributed by atoms with E-state index in [0.29, 0.717) is 48.1 Å². The molecule has 0 unspecified atom stereocenters. The molecule has 0 aliphatic heterocycles. The van der Waals surface area contributed by atoms with Gasteiger partial charge in [0.25, 0.3) is 6.26 Å². The standard InChI is InChI=1S/4C11H6F2N.3C8H8N.C7H5N.CHNO.CHNS.2CN.4Ir/c4*12-8-4-5-9(10(13)7-8)11-3-1-2-6-14-11;3*1-9-7-8-5-3-2-4-6-8;1-8-7-5-3-2-4-6-7;2*2-1-3;2*1-2;;;;/h4*1-4,6-7H;3*1-6H,7H2;2-6H;2*3H;;;;;;/q7*-1;;;;2*-1;;3*+3/p-1. The van der Waals surface area contributed by atoms with E-state index in [4.69, 9.17) is 66.0 Å². The van der Waals surface area contributed by atoms with Gasteiger partial charge >= 0.3 is 60.3 Å². The van der Waals surface area contributed by atoms with Crippen molar-refractivity contribution in [2.45, 2.75) is 19.6 Å². The van der Waals surface area contributed by atoms with Crippen molar-refractivity contribution in [3.05, 3.63) is 379 Å². The first-order valence-corrected chi connectivity index (χ1v) is 28.8. The number of para-hydroxylation sites is 1. The molecule has 1 N–H and O–H groups in total. The molecular weight excluding hydrogens is 2090 g/mol. The Balaban J connectivity index is -0.000000546. The molecular formula is C79H54F8Ir4N12OS-. The van der Waals surface area contributed by atoms with Gasteiger partial charge < -0.3 is 96.5 Å². The molecule has 8 aromatic carbocycles. The topological polar surface area (TPSA) is 208 Å². The molecule has 0 fully saturated rings. The number of nitrogens with zero attached hydrogens (tertiary/aromatic N) is 12. The van der Waals surface area contributed by atoms with Crippen LogP contribution in [0.5, 0.6) is 0 Å². The quantitative estimate of drug-likeness (QED) is 0.0450. The third-order valence-electron chi connectivity index (χ3n) is 11.4. The summed E-state index contributed by atoms with van der Waals surface area (Å²) < 4.78 is 103. The molecule has 12 aromatic rings. The number of thiocyanates is 1. The number of hydrogen-bond donors (Lipinski definition) is 1. The van der Waals surface area contributed by atoms with Crippen LogP contribution >= 0.6 is 0 Å². The maximum absolute atomic E-state index is 13.2. The van der Waals surface area contributed by atoms with Crippen LogP contribution in [0, 0.1) is 123 Å². The van der Waals surface area contributed by atoms with Crippen LogP contribution in [0.15, 0.2) is 282 Å². The molecule has 0 aliphatic rings. The molecule has 535 valence electrons. The molecule has 0 bridgehead atoms. The van der Waals surface area contributed by atoms with E-state index in [1.54, 1.807) is 110 Å². The Bertz CT molecular complexity index is 3960. The Morgan fingerprint density at radius 1 is 0.390 bits per heavy atom. The molecule has 1 radical (unpaired) electrons. The van der Waals surface area contributed by atoms with Gasteiger partial charge in [0, 0.05) is 111 Å². The molecule has 26 heteroatoms. The van der Waals surface area contributed by atoms with Crippen LogP contribution in [0.2, 0.25) is 0 Å². The molecule has 13 nitrogen and oxygen atoms in total. The second kappa shape index (κ2) is 64.9. The van der Waals surface area contributed by atoms with Gasteiger partial charge in [-0.2, -0.15) is 5.26 Å². The number of benzene rings is 8. The first-order chi connectivity index (χ1) is 49.1. The normalized spacial score (nSPS) is 8.47. The molecule has 12 rings (SSSR count). The van der Waals surface area contributed by atoms with Crippen molar-refractivity contribution < 1.29 is 121 Å². The summed E-state index contributed by atoms with van der Waals surface area (Å²) in [5.41, 5.74) is 6.70. The summed E-state index contributed by atoms with van der Waals surface area (Å²) in [7, 11) is 0. The Hall–Kier alpha value is -11.1. The zero-order chi connectivity index (χ0) is 74.7. The molecule has 0 amide bonds. The number of halogens is 8. The van der Waals surface area contributed by atoms with Gasteiger partial charge in [0.15, 0.2) is 5.69 Å². The van der Waals surface area contributed by atoms with Crippen molar-refractivity contribution in [2.24, 2.45) is 15.0 Å². The molecule has 0 aliphatic carbocycles. The first-order valence-electron chi connectivity index (χ1n) is 28.4. The van der Waals surface area contributed by atoms with Gasteiger partial charge in [0.1, 0.15) is 0 Å². The second-order valence-corrected chi connectivity index (χ2v) is 18.3. The number of nitriles is 2. The number of aromatic nitrogens is 4. The van der Waals surface area contributed by atoms with Crippen LogP contribution in [0.3, 0.4) is 0 Å². The van der Waals surface area contributed by atoms with E-state index in [0.717, 1.165) is 71.5 Å². The van der Waals surface area contributed by atoms with Gasteiger partial charge in [-0.25, -0.2) is 10.1 Å². The second-order valence-electron chi connectivity index (χ2n) is 18.1. The molecule has 0 saturated heterocycles. The Morgan fingerprint density at radius 2 is 0.581 bits per heavy atom. The number of hydrogen-bond acceptors (Lipinski definition) is 13. The van der Waals surface area contributed by atoms with Crippen LogP contribution in [-0.2, 0) is 113 Å². The van der Waals surface area contributed by atoms with Crippen LogP contribution in [0.25, 0.3) is 49.9 Å². The van der Waals surface area contributed by atoms with E-state index in [2.05, 4.69) is 76.7 Å². The van der Waals surface area contributed by atoms with Crippen LogP contribution in [0.4, 0.5) is 40.8 Å². The number of aliphatic hydroxyl groups is 1. The molecule has 0 atom stereocenters. The fourth-order valence-corrected chi connectivity index (χ4v) is 7.18. The maximum atomic E-state index is 13.2. The van der Waals surface area contributed by atoms with E-state index < -0.39 is 46.5 Å².